The molecule has 0 radical (unpaired) electrons. The van der Waals surface area contributed by atoms with Gasteiger partial charge in [-0.15, -0.1) is 0 Å². The van der Waals surface area contributed by atoms with Crippen molar-refractivity contribution in [2.45, 2.75) is 65.2 Å². The van der Waals surface area contributed by atoms with Crippen LogP contribution in [0.3, 0.4) is 0 Å². The molecule has 112 valence electrons. The predicted octanol–water partition coefficient (Wildman–Crippen LogP) is 3.88. The Hall–Kier alpha value is -1.32. The minimum absolute atomic E-state index is 0.0174. The van der Waals surface area contributed by atoms with Gasteiger partial charge in [-0.25, -0.2) is 9.78 Å². The predicted molar refractivity (Wildman–Crippen MR) is 76.8 cm³/mol. The van der Waals surface area contributed by atoms with E-state index in [-0.39, 0.29) is 11.4 Å². The van der Waals surface area contributed by atoms with E-state index >= 15 is 0 Å². The molecule has 1 aromatic rings. The maximum absolute atomic E-state index is 12.0. The maximum atomic E-state index is 12.0. The van der Waals surface area contributed by atoms with Crippen LogP contribution in [0.2, 0.25) is 0 Å². The topological polar surface area (TPSA) is 52.3 Å². The van der Waals surface area contributed by atoms with Gasteiger partial charge < -0.3 is 9.15 Å². The van der Waals surface area contributed by atoms with E-state index in [9.17, 15) is 4.79 Å². The van der Waals surface area contributed by atoms with Crippen LogP contribution in [0.4, 0.5) is 0 Å². The highest BCUT2D eigenvalue weighted by molar-refractivity contribution is 5.87. The standard InChI is InChI=1S/C16H25NO3/c1-5-19-14(18)13-12(10-11(2)3)17-15(20-13)16(4)8-6-7-9-16/h11H,5-10H2,1-4H3. The summed E-state index contributed by atoms with van der Waals surface area (Å²) >= 11 is 0. The molecule has 0 aromatic carbocycles. The highest BCUT2D eigenvalue weighted by atomic mass is 16.5. The number of esters is 1. The van der Waals surface area contributed by atoms with Crippen molar-refractivity contribution in [3.8, 4) is 0 Å². The molecule has 0 N–H and O–H groups in total. The third-order valence-corrected chi connectivity index (χ3v) is 3.98. The van der Waals surface area contributed by atoms with Gasteiger partial charge in [0.2, 0.25) is 11.7 Å². The third kappa shape index (κ3) is 3.05. The summed E-state index contributed by atoms with van der Waals surface area (Å²) in [4.78, 5) is 16.7. The van der Waals surface area contributed by atoms with Crippen LogP contribution < -0.4 is 0 Å². The van der Waals surface area contributed by atoms with E-state index in [1.807, 2.05) is 0 Å². The SMILES string of the molecule is CCOC(=O)c1oc(C2(C)CCCC2)nc1CC(C)C. The molecule has 1 saturated carbocycles. The van der Waals surface area contributed by atoms with Crippen LogP contribution in [-0.4, -0.2) is 17.6 Å². The maximum Gasteiger partial charge on any atom is 0.376 e. The van der Waals surface area contributed by atoms with Gasteiger partial charge in [0.15, 0.2) is 0 Å². The molecular formula is C16H25NO3. The van der Waals surface area contributed by atoms with Crippen molar-refractivity contribution >= 4 is 5.97 Å². The Morgan fingerprint density at radius 2 is 2.05 bits per heavy atom. The average molecular weight is 279 g/mol. The molecule has 1 aliphatic carbocycles. The molecule has 0 amide bonds. The Bertz CT molecular complexity index is 470. The lowest BCUT2D eigenvalue weighted by Gasteiger charge is -2.18. The molecule has 0 spiro atoms. The number of aromatic nitrogens is 1. The Morgan fingerprint density at radius 1 is 1.40 bits per heavy atom. The van der Waals surface area contributed by atoms with E-state index in [1.54, 1.807) is 6.92 Å². The van der Waals surface area contributed by atoms with Crippen LogP contribution in [0.5, 0.6) is 0 Å². The highest BCUT2D eigenvalue weighted by Crippen LogP contribution is 2.40. The molecule has 4 nitrogen and oxygen atoms in total. The van der Waals surface area contributed by atoms with Crippen LogP contribution in [0.25, 0.3) is 0 Å². The van der Waals surface area contributed by atoms with Gasteiger partial charge in [0.25, 0.3) is 0 Å². The molecule has 0 bridgehead atoms. The summed E-state index contributed by atoms with van der Waals surface area (Å²) in [7, 11) is 0. The summed E-state index contributed by atoms with van der Waals surface area (Å²) in [6.07, 6.45) is 5.31. The first kappa shape index (κ1) is 15.1. The Balaban J connectivity index is 2.33. The van der Waals surface area contributed by atoms with E-state index in [0.29, 0.717) is 24.2 Å². The molecule has 0 unspecified atom stereocenters. The van der Waals surface area contributed by atoms with Crippen molar-refractivity contribution in [2.24, 2.45) is 5.92 Å². The van der Waals surface area contributed by atoms with E-state index in [4.69, 9.17) is 9.15 Å². The van der Waals surface area contributed by atoms with E-state index in [1.165, 1.54) is 12.8 Å². The van der Waals surface area contributed by atoms with E-state index in [0.717, 1.165) is 25.0 Å². The summed E-state index contributed by atoms with van der Waals surface area (Å²) < 4.78 is 10.9. The molecule has 20 heavy (non-hydrogen) atoms. The fourth-order valence-corrected chi connectivity index (χ4v) is 2.86. The second-order valence-corrected chi connectivity index (χ2v) is 6.38. The number of hydrogen-bond acceptors (Lipinski definition) is 4. The van der Waals surface area contributed by atoms with Crippen LogP contribution in [0, 0.1) is 5.92 Å². The molecule has 0 saturated heterocycles. The average Bonchev–Trinajstić information content (AvgIpc) is 2.96. The molecule has 0 aliphatic heterocycles. The number of rotatable bonds is 5. The lowest BCUT2D eigenvalue weighted by molar-refractivity contribution is 0.0484. The monoisotopic (exact) mass is 279 g/mol. The zero-order valence-corrected chi connectivity index (χ0v) is 13.0. The van der Waals surface area contributed by atoms with Crippen molar-refractivity contribution in [3.05, 3.63) is 17.3 Å². The summed E-state index contributed by atoms with van der Waals surface area (Å²) in [5.74, 6) is 1.07. The van der Waals surface area contributed by atoms with Crippen LogP contribution in [-0.2, 0) is 16.6 Å². The van der Waals surface area contributed by atoms with Gasteiger partial charge in [-0.05, 0) is 32.1 Å². The van der Waals surface area contributed by atoms with Crippen molar-refractivity contribution in [3.63, 3.8) is 0 Å². The molecule has 1 aliphatic rings. The number of nitrogens with zero attached hydrogens (tertiary/aromatic N) is 1. The van der Waals surface area contributed by atoms with Crippen LogP contribution >= 0.6 is 0 Å². The van der Waals surface area contributed by atoms with E-state index < -0.39 is 0 Å². The van der Waals surface area contributed by atoms with Gasteiger partial charge in [-0.1, -0.05) is 33.6 Å². The number of oxazole rings is 1. The third-order valence-electron chi connectivity index (χ3n) is 3.98. The quantitative estimate of drug-likeness (QED) is 0.767. The van der Waals surface area contributed by atoms with Crippen LogP contribution in [0.1, 0.15) is 75.5 Å². The Labute approximate surface area is 120 Å². The van der Waals surface area contributed by atoms with E-state index in [2.05, 4.69) is 25.8 Å². The number of ether oxygens (including phenoxy) is 1. The molecule has 1 aromatic heterocycles. The second-order valence-electron chi connectivity index (χ2n) is 6.38. The zero-order valence-electron chi connectivity index (χ0n) is 13.0. The molecule has 1 heterocycles. The van der Waals surface area contributed by atoms with Crippen molar-refractivity contribution in [1.82, 2.24) is 4.98 Å². The van der Waals surface area contributed by atoms with Crippen molar-refractivity contribution < 1.29 is 13.9 Å². The van der Waals surface area contributed by atoms with Crippen LogP contribution in [0.15, 0.2) is 4.42 Å². The number of carbonyl (C=O) groups is 1. The first-order valence-electron chi connectivity index (χ1n) is 7.63. The van der Waals surface area contributed by atoms with Gasteiger partial charge in [0.1, 0.15) is 0 Å². The largest absolute Gasteiger partial charge is 0.460 e. The summed E-state index contributed by atoms with van der Waals surface area (Å²) in [6, 6.07) is 0. The summed E-state index contributed by atoms with van der Waals surface area (Å²) in [5.41, 5.74) is 0.734. The first-order chi connectivity index (χ1) is 9.46. The molecule has 4 heteroatoms. The molecular weight excluding hydrogens is 254 g/mol. The molecule has 0 atom stereocenters. The minimum Gasteiger partial charge on any atom is -0.460 e. The van der Waals surface area contributed by atoms with Gasteiger partial charge in [-0.2, -0.15) is 0 Å². The smallest absolute Gasteiger partial charge is 0.376 e. The summed E-state index contributed by atoms with van der Waals surface area (Å²) in [6.45, 7) is 8.56. The van der Waals surface area contributed by atoms with Gasteiger partial charge in [0, 0.05) is 5.41 Å². The lowest BCUT2D eigenvalue weighted by Crippen LogP contribution is -2.17. The van der Waals surface area contributed by atoms with Gasteiger partial charge in [0.05, 0.1) is 12.3 Å². The van der Waals surface area contributed by atoms with Gasteiger partial charge in [-0.3, -0.25) is 0 Å². The Morgan fingerprint density at radius 3 is 2.60 bits per heavy atom. The van der Waals surface area contributed by atoms with Gasteiger partial charge >= 0.3 is 5.97 Å². The fraction of sp³-hybridized carbons (Fsp3) is 0.750. The fourth-order valence-electron chi connectivity index (χ4n) is 2.86. The van der Waals surface area contributed by atoms with Crippen molar-refractivity contribution in [2.75, 3.05) is 6.61 Å². The zero-order chi connectivity index (χ0) is 14.8. The minimum atomic E-state index is -0.386. The second kappa shape index (κ2) is 5.98. The molecule has 2 rings (SSSR count). The number of carbonyl (C=O) groups excluding carboxylic acids is 1. The Kier molecular flexibility index (Phi) is 4.51. The number of hydrogen-bond donors (Lipinski definition) is 0. The molecule has 1 fully saturated rings. The first-order valence-corrected chi connectivity index (χ1v) is 7.63. The van der Waals surface area contributed by atoms with Crippen molar-refractivity contribution in [1.29, 1.82) is 0 Å². The highest BCUT2D eigenvalue weighted by Gasteiger charge is 2.37. The normalized spacial score (nSPS) is 17.6. The summed E-state index contributed by atoms with van der Waals surface area (Å²) in [5, 5.41) is 0. The lowest BCUT2D eigenvalue weighted by atomic mass is 9.89.